The van der Waals surface area contributed by atoms with E-state index in [0.717, 1.165) is 15.6 Å². The van der Waals surface area contributed by atoms with Crippen LogP contribution in [-0.2, 0) is 16.6 Å². The van der Waals surface area contributed by atoms with Gasteiger partial charge in [0.1, 0.15) is 9.92 Å². The summed E-state index contributed by atoms with van der Waals surface area (Å²) >= 11 is 6.21. The van der Waals surface area contributed by atoms with Crippen molar-refractivity contribution in [2.24, 2.45) is 0 Å². The van der Waals surface area contributed by atoms with Gasteiger partial charge >= 0.3 is 0 Å². The van der Waals surface area contributed by atoms with Gasteiger partial charge in [0, 0.05) is 19.8 Å². The number of nitrogens with one attached hydrogen (secondary N) is 2. The summed E-state index contributed by atoms with van der Waals surface area (Å²) in [5.74, 6) is 0.541. The fourth-order valence-electron chi connectivity index (χ4n) is 2.46. The number of anilines is 4. The average Bonchev–Trinajstić information content (AvgIpc) is 2.71. The maximum atomic E-state index is 12.6. The molecule has 3 rings (SSSR count). The van der Waals surface area contributed by atoms with Gasteiger partial charge in [-0.3, -0.25) is 0 Å². The molecule has 0 atom stereocenters. The molecule has 0 unspecified atom stereocenters. The number of hydrogen-bond donors (Lipinski definition) is 3. The number of hydrogen-bond acceptors (Lipinski definition) is 7. The van der Waals surface area contributed by atoms with Crippen LogP contribution in [0.25, 0.3) is 0 Å². The van der Waals surface area contributed by atoms with Gasteiger partial charge in [-0.2, -0.15) is 4.98 Å². The number of para-hydroxylation sites is 1. The summed E-state index contributed by atoms with van der Waals surface area (Å²) in [6, 6.07) is 13.6. The summed E-state index contributed by atoms with van der Waals surface area (Å²) in [5.41, 5.74) is 1.86. The molecule has 0 aliphatic carbocycles. The van der Waals surface area contributed by atoms with Crippen molar-refractivity contribution >= 4 is 44.8 Å². The average molecular weight is 434 g/mol. The van der Waals surface area contributed by atoms with Crippen LogP contribution in [0, 0.1) is 0 Å². The van der Waals surface area contributed by atoms with Crippen molar-refractivity contribution in [3.8, 4) is 0 Å². The van der Waals surface area contributed by atoms with E-state index in [1.807, 2.05) is 0 Å². The number of halogens is 1. The van der Waals surface area contributed by atoms with Crippen molar-refractivity contribution < 1.29 is 13.5 Å². The van der Waals surface area contributed by atoms with Gasteiger partial charge in [-0.15, -0.1) is 0 Å². The summed E-state index contributed by atoms with van der Waals surface area (Å²) in [6.07, 6.45) is 1.42. The van der Waals surface area contributed by atoms with Gasteiger partial charge in [0.15, 0.2) is 5.82 Å². The van der Waals surface area contributed by atoms with Crippen LogP contribution in [-0.4, -0.2) is 41.9 Å². The minimum Gasteiger partial charge on any atom is -0.392 e. The molecule has 0 saturated heterocycles. The Bertz CT molecular complexity index is 1110. The maximum absolute atomic E-state index is 12.6. The minimum atomic E-state index is -3.66. The topological polar surface area (TPSA) is 107 Å². The molecular formula is C19H20ClN5O3S. The smallest absolute Gasteiger partial charge is 0.244 e. The Morgan fingerprint density at radius 2 is 1.76 bits per heavy atom. The Balaban J connectivity index is 1.90. The number of aliphatic hydroxyl groups excluding tert-OH is 1. The van der Waals surface area contributed by atoms with E-state index in [2.05, 4.69) is 20.6 Å². The van der Waals surface area contributed by atoms with E-state index in [4.69, 9.17) is 16.7 Å². The number of sulfonamides is 1. The third-order valence-electron chi connectivity index (χ3n) is 4.04. The van der Waals surface area contributed by atoms with Crippen molar-refractivity contribution in [2.75, 3.05) is 24.7 Å². The fourth-order valence-corrected chi connectivity index (χ4v) is 3.64. The molecule has 10 heteroatoms. The highest BCUT2D eigenvalue weighted by molar-refractivity contribution is 7.89. The Morgan fingerprint density at radius 3 is 2.41 bits per heavy atom. The van der Waals surface area contributed by atoms with Crippen LogP contribution in [0.1, 0.15) is 5.56 Å². The van der Waals surface area contributed by atoms with E-state index in [1.54, 1.807) is 42.5 Å². The summed E-state index contributed by atoms with van der Waals surface area (Å²) in [4.78, 5) is 8.60. The SMILES string of the molecule is CN(C)S(=O)(=O)c1ccccc1Nc1nc(Nc2ccc(CO)cc2)ncc1Cl. The molecule has 152 valence electrons. The summed E-state index contributed by atoms with van der Waals surface area (Å²) in [5, 5.41) is 15.4. The Labute approximate surface area is 174 Å². The molecule has 0 bridgehead atoms. The largest absolute Gasteiger partial charge is 0.392 e. The highest BCUT2D eigenvalue weighted by Crippen LogP contribution is 2.29. The molecule has 8 nitrogen and oxygen atoms in total. The molecule has 0 aliphatic rings. The molecule has 0 fully saturated rings. The van der Waals surface area contributed by atoms with Crippen molar-refractivity contribution in [1.82, 2.24) is 14.3 Å². The van der Waals surface area contributed by atoms with Crippen LogP contribution in [0.2, 0.25) is 5.02 Å². The van der Waals surface area contributed by atoms with Crippen LogP contribution in [0.4, 0.5) is 23.1 Å². The Kier molecular flexibility index (Phi) is 6.33. The quantitative estimate of drug-likeness (QED) is 0.524. The van der Waals surface area contributed by atoms with E-state index in [0.29, 0.717) is 5.69 Å². The second-order valence-corrected chi connectivity index (χ2v) is 8.81. The molecule has 2 aromatic carbocycles. The second-order valence-electron chi connectivity index (χ2n) is 6.28. The fraction of sp³-hybridized carbons (Fsp3) is 0.158. The van der Waals surface area contributed by atoms with Crippen LogP contribution in [0.3, 0.4) is 0 Å². The van der Waals surface area contributed by atoms with Crippen LogP contribution in [0.15, 0.2) is 59.6 Å². The molecule has 29 heavy (non-hydrogen) atoms. The molecule has 0 radical (unpaired) electrons. The predicted octanol–water partition coefficient (Wildman–Crippen LogP) is 3.36. The first-order valence-corrected chi connectivity index (χ1v) is 10.4. The van der Waals surface area contributed by atoms with E-state index in [-0.39, 0.29) is 28.3 Å². The van der Waals surface area contributed by atoms with Gasteiger partial charge in [0.2, 0.25) is 16.0 Å². The van der Waals surface area contributed by atoms with E-state index in [9.17, 15) is 8.42 Å². The van der Waals surface area contributed by atoms with E-state index in [1.165, 1.54) is 26.4 Å². The first-order chi connectivity index (χ1) is 13.8. The lowest BCUT2D eigenvalue weighted by molar-refractivity contribution is 0.282. The Morgan fingerprint density at radius 1 is 1.07 bits per heavy atom. The Hall–Kier alpha value is -2.72. The number of aliphatic hydroxyl groups is 1. The van der Waals surface area contributed by atoms with Gasteiger partial charge in [-0.25, -0.2) is 17.7 Å². The minimum absolute atomic E-state index is 0.0406. The molecular weight excluding hydrogens is 414 g/mol. The summed E-state index contributed by atoms with van der Waals surface area (Å²) < 4.78 is 26.3. The molecule has 3 N–H and O–H groups in total. The zero-order chi connectivity index (χ0) is 21.0. The maximum Gasteiger partial charge on any atom is 0.244 e. The van der Waals surface area contributed by atoms with Crippen molar-refractivity contribution in [1.29, 1.82) is 0 Å². The predicted molar refractivity (Wildman–Crippen MR) is 113 cm³/mol. The second kappa shape index (κ2) is 8.75. The lowest BCUT2D eigenvalue weighted by Gasteiger charge is -2.16. The molecule has 0 amide bonds. The number of nitrogens with zero attached hydrogens (tertiary/aromatic N) is 3. The number of aromatic nitrogens is 2. The molecule has 1 aromatic heterocycles. The normalized spacial score (nSPS) is 11.5. The van der Waals surface area contributed by atoms with Gasteiger partial charge in [0.05, 0.1) is 18.5 Å². The third-order valence-corrected chi connectivity index (χ3v) is 6.19. The zero-order valence-electron chi connectivity index (χ0n) is 15.8. The third kappa shape index (κ3) is 4.83. The van der Waals surface area contributed by atoms with Crippen LogP contribution >= 0.6 is 11.6 Å². The zero-order valence-corrected chi connectivity index (χ0v) is 17.4. The van der Waals surface area contributed by atoms with E-state index >= 15 is 0 Å². The lowest BCUT2D eigenvalue weighted by Crippen LogP contribution is -2.23. The van der Waals surface area contributed by atoms with Crippen molar-refractivity contribution in [2.45, 2.75) is 11.5 Å². The molecule has 0 spiro atoms. The van der Waals surface area contributed by atoms with Crippen molar-refractivity contribution in [3.63, 3.8) is 0 Å². The van der Waals surface area contributed by atoms with Gasteiger partial charge in [-0.05, 0) is 29.8 Å². The molecule has 1 heterocycles. The van der Waals surface area contributed by atoms with E-state index < -0.39 is 10.0 Å². The molecule has 0 saturated carbocycles. The first kappa shape index (κ1) is 21.0. The number of rotatable bonds is 7. The standard InChI is InChI=1S/C19H20ClN5O3S/c1-25(2)29(27,28)17-6-4-3-5-16(17)23-18-15(20)11-21-19(24-18)22-14-9-7-13(12-26)8-10-14/h3-11,26H,12H2,1-2H3,(H2,21,22,23,24). The van der Waals surface area contributed by atoms with Crippen LogP contribution < -0.4 is 10.6 Å². The lowest BCUT2D eigenvalue weighted by atomic mass is 10.2. The summed E-state index contributed by atoms with van der Waals surface area (Å²) in [6.45, 7) is -0.0406. The highest BCUT2D eigenvalue weighted by atomic mass is 35.5. The summed E-state index contributed by atoms with van der Waals surface area (Å²) in [7, 11) is -0.725. The number of benzene rings is 2. The van der Waals surface area contributed by atoms with Gasteiger partial charge in [-0.1, -0.05) is 35.9 Å². The van der Waals surface area contributed by atoms with Crippen molar-refractivity contribution in [3.05, 3.63) is 65.3 Å². The van der Waals surface area contributed by atoms with Crippen LogP contribution in [0.5, 0.6) is 0 Å². The van der Waals surface area contributed by atoms with Gasteiger partial charge < -0.3 is 15.7 Å². The molecule has 0 aliphatic heterocycles. The van der Waals surface area contributed by atoms with Gasteiger partial charge in [0.25, 0.3) is 0 Å². The first-order valence-electron chi connectivity index (χ1n) is 8.59. The monoisotopic (exact) mass is 433 g/mol. The molecule has 3 aromatic rings. The highest BCUT2D eigenvalue weighted by Gasteiger charge is 2.21.